The van der Waals surface area contributed by atoms with Crippen molar-refractivity contribution in [1.29, 1.82) is 0 Å². The molecule has 2 aliphatic heterocycles. The van der Waals surface area contributed by atoms with Crippen molar-refractivity contribution in [2.24, 2.45) is 0 Å². The Morgan fingerprint density at radius 3 is 2.61 bits per heavy atom. The molecule has 6 rings (SSSR count). The lowest BCUT2D eigenvalue weighted by atomic mass is 9.89. The minimum absolute atomic E-state index is 0.0319. The number of fused-ring (bicyclic) bond motifs is 2. The van der Waals surface area contributed by atoms with Crippen molar-refractivity contribution >= 4 is 47.7 Å². The Balaban J connectivity index is 1.39. The molecule has 0 bridgehead atoms. The van der Waals surface area contributed by atoms with Crippen LogP contribution in [0, 0.1) is 4.77 Å². The molecule has 2 aromatic carbocycles. The normalized spacial score (nSPS) is 27.4. The number of aryl methyl sites for hydroxylation is 2. The van der Waals surface area contributed by atoms with E-state index in [-0.39, 0.29) is 39.4 Å². The molecule has 1 aliphatic carbocycles. The number of phenolic OH excluding ortho intramolecular Hbond substituents is 1. The lowest BCUT2D eigenvalue weighted by molar-refractivity contribution is -0.171. The van der Waals surface area contributed by atoms with Gasteiger partial charge in [-0.3, -0.25) is 34.2 Å². The summed E-state index contributed by atoms with van der Waals surface area (Å²) in [6.07, 6.45) is -8.48. The molecule has 5 N–H and O–H groups in total. The number of benzene rings is 2. The van der Waals surface area contributed by atoms with Crippen LogP contribution in [-0.4, -0.2) is 64.7 Å². The monoisotopic (exact) mass is 642 g/mol. The number of nitrogens with zero attached hydrogens (tertiary/aromatic N) is 2. The maximum absolute atomic E-state index is 14.4. The first-order chi connectivity index (χ1) is 23.2. The number of carbonyl (C=O) groups is 4. The van der Waals surface area contributed by atoms with Gasteiger partial charge in [-0.25, -0.2) is 4.79 Å². The summed E-state index contributed by atoms with van der Waals surface area (Å²) >= 11 is 6.01. The molecule has 44 heavy (non-hydrogen) atoms. The second-order valence-corrected chi connectivity index (χ2v) is 12.8. The number of β-lactam (4-membered cyclic amide) rings is 1. The van der Waals surface area contributed by atoms with Gasteiger partial charge in [-0.2, -0.15) is 5.10 Å². The van der Waals surface area contributed by atoms with Crippen molar-refractivity contribution in [3.63, 3.8) is 0 Å². The topological polar surface area (TPSA) is 187 Å². The molecular weight excluding hydrogens is 608 g/mol. The first kappa shape index (κ1) is 23.0. The average molecular weight is 643 g/mol. The van der Waals surface area contributed by atoms with Crippen molar-refractivity contribution in [3.05, 3.63) is 80.0 Å². The third kappa shape index (κ3) is 4.95. The lowest BCUT2D eigenvalue weighted by Gasteiger charge is -2.47. The van der Waals surface area contributed by atoms with Crippen LogP contribution >= 0.6 is 24.0 Å². The van der Waals surface area contributed by atoms with Crippen LogP contribution in [0.5, 0.6) is 11.5 Å². The number of phenols is 1. The zero-order valence-corrected chi connectivity index (χ0v) is 24.6. The second-order valence-electron chi connectivity index (χ2n) is 10.6. The highest BCUT2D eigenvalue weighted by atomic mass is 32.2. The van der Waals surface area contributed by atoms with E-state index in [1.54, 1.807) is 13.8 Å². The number of hydrogen-bond acceptors (Lipinski definition) is 10. The third-order valence-corrected chi connectivity index (χ3v) is 9.18. The highest BCUT2D eigenvalue weighted by Crippen LogP contribution is 2.56. The fraction of sp³-hybridized carbons (Fsp3) is 0.345. The van der Waals surface area contributed by atoms with E-state index in [0.29, 0.717) is 0 Å². The largest absolute Gasteiger partial charge is 0.508 e. The summed E-state index contributed by atoms with van der Waals surface area (Å²) in [6.45, 7) is 3.16. The van der Waals surface area contributed by atoms with Crippen LogP contribution in [-0.2, 0) is 27.1 Å². The Hall–Kier alpha value is -4.50. The summed E-state index contributed by atoms with van der Waals surface area (Å²) < 4.78 is 53.7. The standard InChI is InChI=1S/C29H28N6O7S2/c1-28(2)29(35-19(37)13-20(35)44-28,26(41)42-18-11-8-14-4-3-5-16(14)12-18)32-25(40)21(15-6-9-17(36)10-7-15)30-23(38)22-24(39)31-27(43)34-33-22/h6-12,20-21,36H,3-5,13H2,1-2H3,(H,30,38)(H,32,40)(H2,31,34,39,43)/t20-,21?,29+/m1/s1/i3D2,4D2,5D2. The molecule has 3 aromatic rings. The van der Waals surface area contributed by atoms with Gasteiger partial charge >= 0.3 is 5.97 Å². The smallest absolute Gasteiger partial charge is 0.360 e. The van der Waals surface area contributed by atoms with Crippen LogP contribution in [0.4, 0.5) is 0 Å². The van der Waals surface area contributed by atoms with Gasteiger partial charge in [-0.1, -0.05) is 18.2 Å². The maximum Gasteiger partial charge on any atom is 0.360 e. The summed E-state index contributed by atoms with van der Waals surface area (Å²) in [5, 5.41) is 20.2. The quantitative estimate of drug-likeness (QED) is 0.110. The number of esters is 1. The molecule has 0 saturated carbocycles. The van der Waals surface area contributed by atoms with Crippen LogP contribution in [0.3, 0.4) is 0 Å². The van der Waals surface area contributed by atoms with Crippen LogP contribution in [0.15, 0.2) is 47.3 Å². The van der Waals surface area contributed by atoms with E-state index in [1.807, 2.05) is 0 Å². The number of carbonyl (C=O) groups excluding carboxylic acids is 4. The highest BCUT2D eigenvalue weighted by molar-refractivity contribution is 8.01. The third-order valence-electron chi connectivity index (χ3n) is 7.46. The van der Waals surface area contributed by atoms with Crippen LogP contribution in [0.2, 0.25) is 0 Å². The van der Waals surface area contributed by atoms with Gasteiger partial charge in [0.1, 0.15) is 17.5 Å². The molecule has 13 nitrogen and oxygen atoms in total. The van der Waals surface area contributed by atoms with Gasteiger partial charge in [-0.05, 0) is 86.1 Å². The number of aromatic hydroxyl groups is 1. The number of amides is 3. The number of thioether (sulfide) groups is 1. The molecule has 228 valence electrons. The van der Waals surface area contributed by atoms with Crippen molar-refractivity contribution in [1.82, 2.24) is 30.7 Å². The van der Waals surface area contributed by atoms with E-state index in [2.05, 4.69) is 25.8 Å². The van der Waals surface area contributed by atoms with Gasteiger partial charge in [-0.15, -0.1) is 11.8 Å². The number of rotatable bonds is 7. The number of hydrogen-bond donors (Lipinski definition) is 5. The average Bonchev–Trinajstić information content (AvgIpc) is 3.26. The summed E-state index contributed by atoms with van der Waals surface area (Å²) in [6, 6.07) is 6.71. The SMILES string of the molecule is [2H]C1([2H])c2ccc(OC(=O)[C@]3(NC(=O)C(NC(=O)c4n[nH]c(=S)[nH]c4=O)c4ccc(O)cc4)N4C(=O)C[C@H]4SC3(C)C)cc2C([2H])([2H])C1([2H])[2H]. The summed E-state index contributed by atoms with van der Waals surface area (Å²) in [5.41, 5.74) is -4.44. The first-order valence-electron chi connectivity index (χ1n) is 16.1. The van der Waals surface area contributed by atoms with E-state index in [9.17, 15) is 29.1 Å². The molecule has 3 atom stereocenters. The molecule has 2 saturated heterocycles. The molecule has 3 amide bonds. The zero-order chi connectivity index (χ0) is 36.8. The van der Waals surface area contributed by atoms with E-state index in [4.69, 9.17) is 25.2 Å². The summed E-state index contributed by atoms with van der Waals surface area (Å²) in [7, 11) is 0. The molecule has 0 radical (unpaired) electrons. The minimum Gasteiger partial charge on any atom is -0.508 e. The fourth-order valence-electron chi connectivity index (χ4n) is 5.27. The Labute approximate surface area is 268 Å². The van der Waals surface area contributed by atoms with Crippen LogP contribution < -0.4 is 20.9 Å². The molecule has 15 heteroatoms. The van der Waals surface area contributed by atoms with Gasteiger partial charge in [0.25, 0.3) is 11.5 Å². The summed E-state index contributed by atoms with van der Waals surface area (Å²) in [5.74, 6) is -4.35. The predicted molar refractivity (Wildman–Crippen MR) is 160 cm³/mol. The molecule has 2 fully saturated rings. The Morgan fingerprint density at radius 2 is 1.91 bits per heavy atom. The fourth-order valence-corrected chi connectivity index (χ4v) is 7.10. The zero-order valence-electron chi connectivity index (χ0n) is 29.0. The predicted octanol–water partition coefficient (Wildman–Crippen LogP) is 1.99. The van der Waals surface area contributed by atoms with Crippen LogP contribution in [0.25, 0.3) is 0 Å². The number of aromatic amines is 2. The Kier molecular flexibility index (Phi) is 5.68. The molecule has 1 unspecified atom stereocenters. The lowest BCUT2D eigenvalue weighted by Crippen LogP contribution is -2.76. The van der Waals surface area contributed by atoms with Crippen molar-refractivity contribution in [2.75, 3.05) is 0 Å². The van der Waals surface area contributed by atoms with Gasteiger partial charge in [0.15, 0.2) is 4.77 Å². The van der Waals surface area contributed by atoms with Gasteiger partial charge < -0.3 is 20.5 Å². The van der Waals surface area contributed by atoms with Gasteiger partial charge in [0.05, 0.1) is 16.5 Å². The second kappa shape index (κ2) is 10.9. The van der Waals surface area contributed by atoms with E-state index in [1.165, 1.54) is 36.0 Å². The molecule has 1 aromatic heterocycles. The molecule has 3 heterocycles. The van der Waals surface area contributed by atoms with Gasteiger partial charge in [0, 0.05) is 8.22 Å². The highest BCUT2D eigenvalue weighted by Gasteiger charge is 2.71. The maximum atomic E-state index is 14.4. The Bertz CT molecular complexity index is 2090. The number of ether oxygens (including phenoxy) is 1. The Morgan fingerprint density at radius 1 is 1.18 bits per heavy atom. The molecule has 3 aliphatic rings. The summed E-state index contributed by atoms with van der Waals surface area (Å²) in [4.78, 5) is 70.8. The van der Waals surface area contributed by atoms with Crippen molar-refractivity contribution in [3.8, 4) is 11.5 Å². The number of H-pyrrole nitrogens is 2. The number of aromatic nitrogens is 3. The van der Waals surface area contributed by atoms with Crippen molar-refractivity contribution in [2.45, 2.75) is 61.2 Å². The van der Waals surface area contributed by atoms with E-state index >= 15 is 0 Å². The van der Waals surface area contributed by atoms with Gasteiger partial charge in [0.2, 0.25) is 23.2 Å². The first-order valence-corrected chi connectivity index (χ1v) is 14.4. The minimum atomic E-state index is -2.97. The van der Waals surface area contributed by atoms with E-state index < -0.39 is 75.9 Å². The molecule has 0 spiro atoms. The van der Waals surface area contributed by atoms with E-state index in [0.717, 1.165) is 23.1 Å². The van der Waals surface area contributed by atoms with Crippen molar-refractivity contribution < 1.29 is 37.2 Å². The van der Waals surface area contributed by atoms with Crippen LogP contribution in [0.1, 0.15) is 68.1 Å². The molecular formula is C29H28N6O7S2. The number of nitrogens with one attached hydrogen (secondary N) is 4.